The van der Waals surface area contributed by atoms with Gasteiger partial charge in [-0.05, 0) is 24.3 Å². The summed E-state index contributed by atoms with van der Waals surface area (Å²) in [6.07, 6.45) is 6.48. The van der Waals surface area contributed by atoms with Crippen LogP contribution in [0.15, 0.2) is 47.7 Å². The number of nitrogens with zero attached hydrogens (tertiary/aromatic N) is 4. The van der Waals surface area contributed by atoms with Gasteiger partial charge in [-0.1, -0.05) is 30.3 Å². The number of nitrogens with two attached hydrogens (primary N) is 1. The highest BCUT2D eigenvalue weighted by Gasteiger charge is 2.23. The van der Waals surface area contributed by atoms with Crippen LogP contribution in [0.5, 0.6) is 0 Å². The number of carbonyl (C=O) groups excluding carboxylic acids is 1. The molecule has 0 radical (unpaired) electrons. The Kier molecular flexibility index (Phi) is 8.75. The number of aliphatic imine (C=N–C) groups is 1. The van der Waals surface area contributed by atoms with Crippen LogP contribution in [0.25, 0.3) is 0 Å². The number of hydrogen-bond donors (Lipinski definition) is 2. The number of nitrogens with one attached hydrogen (secondary N) is 1. The SMILES string of the molecule is CN=C(NCc1cnn(Cc2ccccc2)c1)N1CCCC(CC(N)=O)C1.I. The van der Waals surface area contributed by atoms with E-state index in [0.717, 1.165) is 44.0 Å². The topological polar surface area (TPSA) is 88.5 Å². The number of halogens is 1. The van der Waals surface area contributed by atoms with Crippen LogP contribution in [-0.4, -0.2) is 46.7 Å². The van der Waals surface area contributed by atoms with Gasteiger partial charge in [0.25, 0.3) is 0 Å². The molecule has 3 N–H and O–H groups in total. The normalized spacial score (nSPS) is 17.1. The van der Waals surface area contributed by atoms with Crippen molar-refractivity contribution in [3.63, 3.8) is 0 Å². The van der Waals surface area contributed by atoms with E-state index in [0.29, 0.717) is 18.9 Å². The lowest BCUT2D eigenvalue weighted by Gasteiger charge is -2.34. The number of hydrogen-bond acceptors (Lipinski definition) is 3. The number of benzene rings is 1. The Morgan fingerprint density at radius 2 is 2.11 bits per heavy atom. The second-order valence-corrected chi connectivity index (χ2v) is 7.06. The lowest BCUT2D eigenvalue weighted by Crippen LogP contribution is -2.46. The third kappa shape index (κ3) is 6.50. The number of likely N-dealkylation sites (tertiary alicyclic amines) is 1. The van der Waals surface area contributed by atoms with E-state index in [4.69, 9.17) is 5.73 Å². The average Bonchev–Trinajstić information content (AvgIpc) is 3.10. The highest BCUT2D eigenvalue weighted by molar-refractivity contribution is 14.0. The fourth-order valence-electron chi connectivity index (χ4n) is 3.58. The summed E-state index contributed by atoms with van der Waals surface area (Å²) in [6.45, 7) is 3.19. The Balaban J connectivity index is 0.00000280. The Hall–Kier alpha value is -2.10. The van der Waals surface area contributed by atoms with Gasteiger partial charge >= 0.3 is 0 Å². The minimum atomic E-state index is -0.226. The number of amides is 1. The fourth-order valence-corrected chi connectivity index (χ4v) is 3.58. The van der Waals surface area contributed by atoms with Gasteiger partial charge in [0, 0.05) is 44.9 Å². The molecule has 3 rings (SSSR count). The zero-order chi connectivity index (χ0) is 19.1. The van der Waals surface area contributed by atoms with Crippen LogP contribution >= 0.6 is 24.0 Å². The zero-order valence-corrected chi connectivity index (χ0v) is 18.6. The summed E-state index contributed by atoms with van der Waals surface area (Å²) in [5.74, 6) is 0.944. The molecule has 2 aromatic rings. The second-order valence-electron chi connectivity index (χ2n) is 7.06. The number of rotatable bonds is 6. The molecule has 0 spiro atoms. The molecule has 1 amide bonds. The Bertz CT molecular complexity index is 776. The van der Waals surface area contributed by atoms with Crippen molar-refractivity contribution in [2.24, 2.45) is 16.6 Å². The molecular formula is C20H29IN6O. The highest BCUT2D eigenvalue weighted by Crippen LogP contribution is 2.19. The Morgan fingerprint density at radius 3 is 2.82 bits per heavy atom. The molecule has 7 nitrogen and oxygen atoms in total. The predicted molar refractivity (Wildman–Crippen MR) is 121 cm³/mol. The van der Waals surface area contributed by atoms with Crippen molar-refractivity contribution in [2.75, 3.05) is 20.1 Å². The zero-order valence-electron chi connectivity index (χ0n) is 16.3. The van der Waals surface area contributed by atoms with Gasteiger partial charge in [0.2, 0.25) is 5.91 Å². The molecule has 1 fully saturated rings. The van der Waals surface area contributed by atoms with Gasteiger partial charge in [-0.2, -0.15) is 5.10 Å². The molecule has 0 aliphatic carbocycles. The van der Waals surface area contributed by atoms with Gasteiger partial charge in [-0.15, -0.1) is 24.0 Å². The van der Waals surface area contributed by atoms with E-state index < -0.39 is 0 Å². The Labute approximate surface area is 183 Å². The number of guanidine groups is 1. The average molecular weight is 496 g/mol. The smallest absolute Gasteiger partial charge is 0.217 e. The van der Waals surface area contributed by atoms with Crippen molar-refractivity contribution < 1.29 is 4.79 Å². The van der Waals surface area contributed by atoms with Crippen LogP contribution in [0, 0.1) is 5.92 Å². The first-order chi connectivity index (χ1) is 13.1. The van der Waals surface area contributed by atoms with Crippen LogP contribution in [0.2, 0.25) is 0 Å². The Morgan fingerprint density at radius 1 is 1.32 bits per heavy atom. The van der Waals surface area contributed by atoms with Gasteiger partial charge in [-0.25, -0.2) is 0 Å². The summed E-state index contributed by atoms with van der Waals surface area (Å²) in [6, 6.07) is 10.3. The van der Waals surface area contributed by atoms with Crippen LogP contribution in [0.3, 0.4) is 0 Å². The van der Waals surface area contributed by atoms with Crippen LogP contribution < -0.4 is 11.1 Å². The molecule has 8 heteroatoms. The number of piperidine rings is 1. The van der Waals surface area contributed by atoms with Gasteiger partial charge in [0.15, 0.2) is 5.96 Å². The molecule has 1 unspecified atom stereocenters. The van der Waals surface area contributed by atoms with E-state index in [-0.39, 0.29) is 29.9 Å². The molecular weight excluding hydrogens is 467 g/mol. The summed E-state index contributed by atoms with van der Waals surface area (Å²) in [4.78, 5) is 17.8. The molecule has 1 atom stereocenters. The molecule has 0 bridgehead atoms. The first-order valence-corrected chi connectivity index (χ1v) is 9.43. The molecule has 152 valence electrons. The van der Waals surface area contributed by atoms with Crippen molar-refractivity contribution >= 4 is 35.8 Å². The minimum absolute atomic E-state index is 0. The summed E-state index contributed by atoms with van der Waals surface area (Å²) >= 11 is 0. The molecule has 1 aromatic carbocycles. The third-order valence-electron chi connectivity index (χ3n) is 4.84. The number of aromatic nitrogens is 2. The number of primary amides is 1. The molecule has 0 saturated carbocycles. The van der Waals surface area contributed by atoms with Crippen molar-refractivity contribution in [1.29, 1.82) is 0 Å². The molecule has 28 heavy (non-hydrogen) atoms. The maximum Gasteiger partial charge on any atom is 0.217 e. The van der Waals surface area contributed by atoms with E-state index in [1.165, 1.54) is 5.56 Å². The van der Waals surface area contributed by atoms with Crippen LogP contribution in [0.1, 0.15) is 30.4 Å². The lowest BCUT2D eigenvalue weighted by atomic mass is 9.95. The van der Waals surface area contributed by atoms with Gasteiger partial charge < -0.3 is 16.0 Å². The van der Waals surface area contributed by atoms with Crippen LogP contribution in [-0.2, 0) is 17.9 Å². The lowest BCUT2D eigenvalue weighted by molar-refractivity contribution is -0.119. The summed E-state index contributed by atoms with van der Waals surface area (Å²) in [7, 11) is 1.79. The largest absolute Gasteiger partial charge is 0.370 e. The molecule has 2 heterocycles. The van der Waals surface area contributed by atoms with Crippen molar-refractivity contribution in [1.82, 2.24) is 20.0 Å². The van der Waals surface area contributed by atoms with Gasteiger partial charge in [-0.3, -0.25) is 14.5 Å². The number of carbonyl (C=O) groups is 1. The van der Waals surface area contributed by atoms with Gasteiger partial charge in [0.1, 0.15) is 0 Å². The van der Waals surface area contributed by atoms with Crippen molar-refractivity contribution in [3.8, 4) is 0 Å². The van der Waals surface area contributed by atoms with E-state index >= 15 is 0 Å². The van der Waals surface area contributed by atoms with Crippen LogP contribution in [0.4, 0.5) is 0 Å². The van der Waals surface area contributed by atoms with E-state index in [2.05, 4.69) is 38.6 Å². The van der Waals surface area contributed by atoms with E-state index in [9.17, 15) is 4.79 Å². The van der Waals surface area contributed by atoms with E-state index in [1.54, 1.807) is 7.05 Å². The molecule has 1 aliphatic heterocycles. The molecule has 1 aliphatic rings. The van der Waals surface area contributed by atoms with Crippen molar-refractivity contribution in [3.05, 3.63) is 53.9 Å². The summed E-state index contributed by atoms with van der Waals surface area (Å²) in [5.41, 5.74) is 7.69. The van der Waals surface area contributed by atoms with Crippen molar-refractivity contribution in [2.45, 2.75) is 32.4 Å². The maximum absolute atomic E-state index is 11.2. The third-order valence-corrected chi connectivity index (χ3v) is 4.84. The molecule has 1 saturated heterocycles. The maximum atomic E-state index is 11.2. The van der Waals surface area contributed by atoms with Gasteiger partial charge in [0.05, 0.1) is 12.7 Å². The monoisotopic (exact) mass is 496 g/mol. The van der Waals surface area contributed by atoms with E-state index in [1.807, 2.05) is 29.1 Å². The summed E-state index contributed by atoms with van der Waals surface area (Å²) in [5, 5.41) is 7.86. The first-order valence-electron chi connectivity index (χ1n) is 9.43. The highest BCUT2D eigenvalue weighted by atomic mass is 127. The fraction of sp³-hybridized carbons (Fsp3) is 0.450. The second kappa shape index (κ2) is 11.0. The first kappa shape index (κ1) is 22.2. The summed E-state index contributed by atoms with van der Waals surface area (Å²) < 4.78 is 1.94. The molecule has 1 aromatic heterocycles. The predicted octanol–water partition coefficient (Wildman–Crippen LogP) is 2.21. The quantitative estimate of drug-likeness (QED) is 0.365. The minimum Gasteiger partial charge on any atom is -0.370 e. The standard InChI is InChI=1S/C20H28N6O.HI/c1-22-20(25-9-5-8-17(13-25)10-19(21)27)23-11-18-12-24-26(15-18)14-16-6-3-2-4-7-16;/h2-4,6-7,12,15,17H,5,8-11,13-14H2,1H3,(H2,21,27)(H,22,23);1H.